The van der Waals surface area contributed by atoms with Crippen LogP contribution in [0.25, 0.3) is 0 Å². The van der Waals surface area contributed by atoms with Crippen LogP contribution >= 0.6 is 0 Å². The molecule has 0 aliphatic carbocycles. The van der Waals surface area contributed by atoms with E-state index in [0.29, 0.717) is 13.2 Å². The minimum atomic E-state index is -0.290. The van der Waals surface area contributed by atoms with Crippen LogP contribution in [0.3, 0.4) is 0 Å². The standard InChI is InChI=1S/C9H15NO3/c1-3-5-8(11)10-7-6-9(12)13-4-2/h3H,1,4-7H2,2H3,(H,10,11). The van der Waals surface area contributed by atoms with E-state index in [4.69, 9.17) is 0 Å². The van der Waals surface area contributed by atoms with Crippen molar-refractivity contribution < 1.29 is 14.3 Å². The predicted octanol–water partition coefficient (Wildman–Crippen LogP) is 0.632. The van der Waals surface area contributed by atoms with E-state index in [1.54, 1.807) is 6.92 Å². The van der Waals surface area contributed by atoms with Gasteiger partial charge in [-0.3, -0.25) is 9.59 Å². The van der Waals surface area contributed by atoms with E-state index >= 15 is 0 Å². The highest BCUT2D eigenvalue weighted by molar-refractivity contribution is 5.78. The van der Waals surface area contributed by atoms with Gasteiger partial charge in [0, 0.05) is 13.0 Å². The highest BCUT2D eigenvalue weighted by Gasteiger charge is 2.02. The van der Waals surface area contributed by atoms with Crippen LogP contribution in [-0.2, 0) is 14.3 Å². The molecule has 0 spiro atoms. The fourth-order valence-corrected chi connectivity index (χ4v) is 0.740. The second kappa shape index (κ2) is 7.34. The van der Waals surface area contributed by atoms with Crippen molar-refractivity contribution >= 4 is 11.9 Å². The van der Waals surface area contributed by atoms with E-state index in [1.165, 1.54) is 6.08 Å². The Bertz CT molecular complexity index is 189. The molecule has 0 bridgehead atoms. The van der Waals surface area contributed by atoms with Crippen LogP contribution in [-0.4, -0.2) is 25.0 Å². The second-order valence-electron chi connectivity index (χ2n) is 2.40. The lowest BCUT2D eigenvalue weighted by atomic mass is 10.3. The Morgan fingerprint density at radius 3 is 2.77 bits per heavy atom. The first-order valence-electron chi connectivity index (χ1n) is 4.24. The second-order valence-corrected chi connectivity index (χ2v) is 2.40. The Morgan fingerprint density at radius 1 is 1.54 bits per heavy atom. The topological polar surface area (TPSA) is 55.4 Å². The van der Waals surface area contributed by atoms with Gasteiger partial charge >= 0.3 is 5.97 Å². The van der Waals surface area contributed by atoms with Gasteiger partial charge in [-0.2, -0.15) is 0 Å². The smallest absolute Gasteiger partial charge is 0.307 e. The SMILES string of the molecule is C=CCC(=O)NCCC(=O)OCC. The third kappa shape index (κ3) is 7.05. The molecule has 0 radical (unpaired) electrons. The lowest BCUT2D eigenvalue weighted by molar-refractivity contribution is -0.143. The molecule has 0 aliphatic rings. The van der Waals surface area contributed by atoms with Gasteiger partial charge in [0.1, 0.15) is 0 Å². The van der Waals surface area contributed by atoms with E-state index in [-0.39, 0.29) is 24.7 Å². The number of hydrogen-bond donors (Lipinski definition) is 1. The summed E-state index contributed by atoms with van der Waals surface area (Å²) in [5.74, 6) is -0.416. The minimum Gasteiger partial charge on any atom is -0.466 e. The van der Waals surface area contributed by atoms with Crippen molar-refractivity contribution in [3.63, 3.8) is 0 Å². The third-order valence-electron chi connectivity index (χ3n) is 1.29. The van der Waals surface area contributed by atoms with Crippen molar-refractivity contribution in [3.8, 4) is 0 Å². The molecule has 1 amide bonds. The zero-order valence-corrected chi connectivity index (χ0v) is 7.84. The molecule has 13 heavy (non-hydrogen) atoms. The van der Waals surface area contributed by atoms with Crippen molar-refractivity contribution in [1.29, 1.82) is 0 Å². The maximum Gasteiger partial charge on any atom is 0.307 e. The maximum atomic E-state index is 10.8. The van der Waals surface area contributed by atoms with Crippen LogP contribution in [0, 0.1) is 0 Å². The zero-order valence-electron chi connectivity index (χ0n) is 7.84. The fourth-order valence-electron chi connectivity index (χ4n) is 0.740. The van der Waals surface area contributed by atoms with Gasteiger partial charge in [0.15, 0.2) is 0 Å². The highest BCUT2D eigenvalue weighted by Crippen LogP contribution is 1.85. The third-order valence-corrected chi connectivity index (χ3v) is 1.29. The van der Waals surface area contributed by atoms with Gasteiger partial charge in [0.2, 0.25) is 5.91 Å². The molecular weight excluding hydrogens is 170 g/mol. The molecule has 0 heterocycles. The summed E-state index contributed by atoms with van der Waals surface area (Å²) in [6.07, 6.45) is 2.01. The average Bonchev–Trinajstić information content (AvgIpc) is 2.05. The molecule has 0 aliphatic heterocycles. The Balaban J connectivity index is 3.38. The molecule has 0 aromatic heterocycles. The molecule has 1 N–H and O–H groups in total. The Labute approximate surface area is 78.0 Å². The van der Waals surface area contributed by atoms with Gasteiger partial charge < -0.3 is 10.1 Å². The molecule has 0 saturated heterocycles. The van der Waals surface area contributed by atoms with E-state index in [0.717, 1.165) is 0 Å². The van der Waals surface area contributed by atoms with Gasteiger partial charge in [0.25, 0.3) is 0 Å². The van der Waals surface area contributed by atoms with Crippen molar-refractivity contribution in [1.82, 2.24) is 5.32 Å². The molecule has 4 nitrogen and oxygen atoms in total. The predicted molar refractivity (Wildman–Crippen MR) is 49.1 cm³/mol. The number of nitrogens with one attached hydrogen (secondary N) is 1. The first-order valence-corrected chi connectivity index (χ1v) is 4.24. The number of carbonyl (C=O) groups excluding carboxylic acids is 2. The summed E-state index contributed by atoms with van der Waals surface area (Å²) in [4.78, 5) is 21.6. The first kappa shape index (κ1) is 11.7. The summed E-state index contributed by atoms with van der Waals surface area (Å²) in [7, 11) is 0. The van der Waals surface area contributed by atoms with E-state index < -0.39 is 0 Å². The molecule has 0 unspecified atom stereocenters. The molecule has 0 aromatic rings. The average molecular weight is 185 g/mol. The van der Waals surface area contributed by atoms with Crippen molar-refractivity contribution in [2.45, 2.75) is 19.8 Å². The maximum absolute atomic E-state index is 10.8. The van der Waals surface area contributed by atoms with Crippen LogP contribution in [0.5, 0.6) is 0 Å². The van der Waals surface area contributed by atoms with Crippen molar-refractivity contribution in [3.05, 3.63) is 12.7 Å². The van der Waals surface area contributed by atoms with Crippen LogP contribution in [0.2, 0.25) is 0 Å². The highest BCUT2D eigenvalue weighted by atomic mass is 16.5. The van der Waals surface area contributed by atoms with Crippen LogP contribution in [0.15, 0.2) is 12.7 Å². The van der Waals surface area contributed by atoms with E-state index in [1.807, 2.05) is 0 Å². The van der Waals surface area contributed by atoms with Gasteiger partial charge in [0.05, 0.1) is 13.0 Å². The number of rotatable bonds is 6. The quantitative estimate of drug-likeness (QED) is 0.488. The summed E-state index contributed by atoms with van der Waals surface area (Å²) in [6, 6.07) is 0. The van der Waals surface area contributed by atoms with E-state index in [9.17, 15) is 9.59 Å². The lowest BCUT2D eigenvalue weighted by Gasteiger charge is -2.02. The summed E-state index contributed by atoms with van der Waals surface area (Å²) >= 11 is 0. The molecule has 0 fully saturated rings. The summed E-state index contributed by atoms with van der Waals surface area (Å²) in [6.45, 7) is 5.86. The largest absolute Gasteiger partial charge is 0.466 e. The minimum absolute atomic E-state index is 0.126. The fraction of sp³-hybridized carbons (Fsp3) is 0.556. The molecular formula is C9H15NO3. The van der Waals surface area contributed by atoms with Crippen molar-refractivity contribution in [2.24, 2.45) is 0 Å². The monoisotopic (exact) mass is 185 g/mol. The van der Waals surface area contributed by atoms with Crippen molar-refractivity contribution in [2.75, 3.05) is 13.2 Å². The molecule has 0 aromatic carbocycles. The molecule has 0 rings (SSSR count). The zero-order chi connectivity index (χ0) is 10.1. The first-order chi connectivity index (χ1) is 6.20. The number of amides is 1. The summed E-state index contributed by atoms with van der Waals surface area (Å²) < 4.78 is 4.67. The summed E-state index contributed by atoms with van der Waals surface area (Å²) in [5, 5.41) is 2.56. The number of esters is 1. The van der Waals surface area contributed by atoms with Crippen LogP contribution < -0.4 is 5.32 Å². The molecule has 0 atom stereocenters. The number of hydrogen-bond acceptors (Lipinski definition) is 3. The normalized spacial score (nSPS) is 9.00. The number of ether oxygens (including phenoxy) is 1. The Kier molecular flexibility index (Phi) is 6.59. The Morgan fingerprint density at radius 2 is 2.23 bits per heavy atom. The van der Waals surface area contributed by atoms with E-state index in [2.05, 4.69) is 16.6 Å². The van der Waals surface area contributed by atoms with Crippen LogP contribution in [0.1, 0.15) is 19.8 Å². The summed E-state index contributed by atoms with van der Waals surface area (Å²) in [5.41, 5.74) is 0. The molecule has 4 heteroatoms. The van der Waals surface area contributed by atoms with Gasteiger partial charge in [-0.25, -0.2) is 0 Å². The number of carbonyl (C=O) groups is 2. The van der Waals surface area contributed by atoms with Crippen LogP contribution in [0.4, 0.5) is 0 Å². The molecule has 0 saturated carbocycles. The van der Waals surface area contributed by atoms with Gasteiger partial charge in [-0.15, -0.1) is 6.58 Å². The lowest BCUT2D eigenvalue weighted by Crippen LogP contribution is -2.25. The van der Waals surface area contributed by atoms with Gasteiger partial charge in [-0.1, -0.05) is 6.08 Å². The van der Waals surface area contributed by atoms with Gasteiger partial charge in [-0.05, 0) is 6.92 Å². The Hall–Kier alpha value is -1.32. The molecule has 74 valence electrons.